The minimum Gasteiger partial charge on any atom is -0.373 e. The second-order valence-electron chi connectivity index (χ2n) is 11.5. The van der Waals surface area contributed by atoms with E-state index in [0.29, 0.717) is 24.0 Å². The van der Waals surface area contributed by atoms with Crippen LogP contribution in [0.4, 0.5) is 17.2 Å². The largest absolute Gasteiger partial charge is 0.373 e. The first-order valence-corrected chi connectivity index (χ1v) is 15.0. The summed E-state index contributed by atoms with van der Waals surface area (Å²) < 4.78 is 0. The number of fused-ring (bicyclic) bond motifs is 1. The van der Waals surface area contributed by atoms with Gasteiger partial charge in [0, 0.05) is 64.5 Å². The molecule has 0 spiro atoms. The van der Waals surface area contributed by atoms with E-state index in [4.69, 9.17) is 0 Å². The van der Waals surface area contributed by atoms with Gasteiger partial charge in [-0.05, 0) is 75.4 Å². The van der Waals surface area contributed by atoms with Crippen LogP contribution in [0.15, 0.2) is 36.5 Å². The molecule has 11 nitrogen and oxygen atoms in total. The molecule has 42 heavy (non-hydrogen) atoms. The highest BCUT2D eigenvalue weighted by molar-refractivity contribution is 6.22. The fourth-order valence-corrected chi connectivity index (χ4v) is 6.25. The molecule has 0 saturated carbocycles. The van der Waals surface area contributed by atoms with Crippen LogP contribution in [0, 0.1) is 5.92 Å². The van der Waals surface area contributed by atoms with E-state index in [2.05, 4.69) is 36.4 Å². The maximum atomic E-state index is 13.2. The number of hydrogen-bond donors (Lipinski definition) is 2. The second-order valence-corrected chi connectivity index (χ2v) is 11.5. The maximum absolute atomic E-state index is 13.2. The van der Waals surface area contributed by atoms with Crippen molar-refractivity contribution in [2.45, 2.75) is 45.1 Å². The Hall–Kier alpha value is -3.99. The normalized spacial score (nSPS) is 18.7. The standard InChI is InChI=1S/C31H41N7O4/c1-22(3-8-29(40)34-21-39)38-30(41)26-6-4-24(19-27(26)31(38)42)37-17-15-35(16-18-37)12-9-23-10-13-36(14-11-23)25-5-7-28(32-2)33-20-25/h4-7,19-23H,3,8-18H2,1-2H3,(H,32,33)(H,34,39,40). The molecule has 3 aliphatic heterocycles. The zero-order valence-corrected chi connectivity index (χ0v) is 24.6. The van der Waals surface area contributed by atoms with Crippen molar-refractivity contribution >= 4 is 41.3 Å². The van der Waals surface area contributed by atoms with Gasteiger partial charge in [-0.1, -0.05) is 0 Å². The van der Waals surface area contributed by atoms with Crippen LogP contribution in [-0.2, 0) is 9.59 Å². The molecule has 3 aliphatic rings. The van der Waals surface area contributed by atoms with Crippen molar-refractivity contribution in [3.8, 4) is 0 Å². The number of nitrogens with one attached hydrogen (secondary N) is 2. The highest BCUT2D eigenvalue weighted by atomic mass is 16.2. The van der Waals surface area contributed by atoms with E-state index >= 15 is 0 Å². The van der Waals surface area contributed by atoms with Gasteiger partial charge in [-0.25, -0.2) is 4.98 Å². The molecule has 1 aromatic carbocycles. The Morgan fingerprint density at radius 1 is 0.976 bits per heavy atom. The Kier molecular flexibility index (Phi) is 9.36. The number of anilines is 3. The number of carbonyl (C=O) groups excluding carboxylic acids is 4. The number of hydrogen-bond acceptors (Lipinski definition) is 9. The lowest BCUT2D eigenvalue weighted by atomic mass is 9.93. The Labute approximate surface area is 247 Å². The van der Waals surface area contributed by atoms with Crippen molar-refractivity contribution in [3.05, 3.63) is 47.7 Å². The number of rotatable bonds is 11. The molecule has 1 atom stereocenters. The molecule has 2 aromatic rings. The number of pyridine rings is 1. The highest BCUT2D eigenvalue weighted by Crippen LogP contribution is 2.31. The summed E-state index contributed by atoms with van der Waals surface area (Å²) in [5, 5.41) is 5.16. The van der Waals surface area contributed by atoms with Crippen LogP contribution in [0.3, 0.4) is 0 Å². The number of piperazine rings is 1. The van der Waals surface area contributed by atoms with Gasteiger partial charge in [0.1, 0.15) is 5.82 Å². The molecular formula is C31H41N7O4. The van der Waals surface area contributed by atoms with Crippen LogP contribution in [0.1, 0.15) is 59.7 Å². The van der Waals surface area contributed by atoms with Crippen molar-refractivity contribution in [3.63, 3.8) is 0 Å². The van der Waals surface area contributed by atoms with Gasteiger partial charge in [0.15, 0.2) is 0 Å². The third-order valence-electron chi connectivity index (χ3n) is 8.93. The molecule has 0 bridgehead atoms. The molecule has 2 N–H and O–H groups in total. The lowest BCUT2D eigenvalue weighted by Gasteiger charge is -2.38. The lowest BCUT2D eigenvalue weighted by Crippen LogP contribution is -2.47. The van der Waals surface area contributed by atoms with Crippen molar-refractivity contribution in [2.75, 3.05) is 68.0 Å². The smallest absolute Gasteiger partial charge is 0.261 e. The number of carbonyl (C=O) groups is 4. The molecule has 1 aromatic heterocycles. The number of nitrogens with zero attached hydrogens (tertiary/aromatic N) is 5. The van der Waals surface area contributed by atoms with E-state index in [9.17, 15) is 19.2 Å². The van der Waals surface area contributed by atoms with Gasteiger partial charge in [-0.15, -0.1) is 0 Å². The quantitative estimate of drug-likeness (QED) is 0.308. The summed E-state index contributed by atoms with van der Waals surface area (Å²) in [5.41, 5.74) is 2.98. The minimum atomic E-state index is -0.448. The molecule has 4 amide bonds. The summed E-state index contributed by atoms with van der Waals surface area (Å²) in [7, 11) is 1.88. The number of amides is 4. The van der Waals surface area contributed by atoms with Crippen molar-refractivity contribution in [1.29, 1.82) is 0 Å². The van der Waals surface area contributed by atoms with Gasteiger partial charge in [0.05, 0.1) is 23.0 Å². The maximum Gasteiger partial charge on any atom is 0.261 e. The Morgan fingerprint density at radius 3 is 2.33 bits per heavy atom. The van der Waals surface area contributed by atoms with Gasteiger partial charge in [0.2, 0.25) is 12.3 Å². The molecule has 4 heterocycles. The fraction of sp³-hybridized carbons (Fsp3) is 0.516. The van der Waals surface area contributed by atoms with E-state index in [0.717, 1.165) is 63.2 Å². The number of benzene rings is 1. The molecule has 2 saturated heterocycles. The SMILES string of the molecule is CNc1ccc(N2CCC(CCN3CCN(c4ccc5c(c4)C(=O)N(C(C)CCC(=O)NC=O)C5=O)CC3)CC2)cn1. The van der Waals surface area contributed by atoms with E-state index in [-0.39, 0.29) is 18.2 Å². The summed E-state index contributed by atoms with van der Waals surface area (Å²) in [5.74, 6) is 0.556. The first-order valence-electron chi connectivity index (χ1n) is 15.0. The summed E-state index contributed by atoms with van der Waals surface area (Å²) in [4.78, 5) is 61.2. The van der Waals surface area contributed by atoms with Gasteiger partial charge in [-0.3, -0.25) is 34.3 Å². The van der Waals surface area contributed by atoms with E-state index < -0.39 is 11.9 Å². The predicted octanol–water partition coefficient (Wildman–Crippen LogP) is 2.59. The molecule has 0 radical (unpaired) electrons. The number of piperidine rings is 1. The molecule has 1 unspecified atom stereocenters. The Morgan fingerprint density at radius 2 is 1.67 bits per heavy atom. The first-order chi connectivity index (χ1) is 20.4. The van der Waals surface area contributed by atoms with Crippen LogP contribution >= 0.6 is 0 Å². The number of aromatic nitrogens is 1. The van der Waals surface area contributed by atoms with Crippen LogP contribution in [0.2, 0.25) is 0 Å². The van der Waals surface area contributed by atoms with Gasteiger partial charge in [-0.2, -0.15) is 0 Å². The lowest BCUT2D eigenvalue weighted by molar-refractivity contribution is -0.125. The topological polar surface area (TPSA) is 118 Å². The monoisotopic (exact) mass is 575 g/mol. The summed E-state index contributed by atoms with van der Waals surface area (Å²) in [6.45, 7) is 8.69. The fourth-order valence-electron chi connectivity index (χ4n) is 6.25. The van der Waals surface area contributed by atoms with Crippen LogP contribution < -0.4 is 20.4 Å². The second kappa shape index (κ2) is 13.3. The van der Waals surface area contributed by atoms with E-state index in [1.165, 1.54) is 29.8 Å². The zero-order chi connectivity index (χ0) is 29.6. The molecular weight excluding hydrogens is 534 g/mol. The third kappa shape index (κ3) is 6.56. The van der Waals surface area contributed by atoms with Crippen molar-refractivity contribution in [2.24, 2.45) is 5.92 Å². The van der Waals surface area contributed by atoms with Crippen molar-refractivity contribution in [1.82, 2.24) is 20.1 Å². The van der Waals surface area contributed by atoms with Crippen LogP contribution in [0.25, 0.3) is 0 Å². The van der Waals surface area contributed by atoms with Gasteiger partial charge >= 0.3 is 0 Å². The summed E-state index contributed by atoms with van der Waals surface area (Å²) >= 11 is 0. The highest BCUT2D eigenvalue weighted by Gasteiger charge is 2.39. The molecule has 2 fully saturated rings. The Balaban J connectivity index is 1.07. The molecule has 11 heteroatoms. The molecule has 5 rings (SSSR count). The van der Waals surface area contributed by atoms with Crippen LogP contribution in [-0.4, -0.2) is 97.8 Å². The first kappa shape index (κ1) is 29.5. The molecule has 224 valence electrons. The van der Waals surface area contributed by atoms with E-state index in [1.807, 2.05) is 31.4 Å². The van der Waals surface area contributed by atoms with E-state index in [1.54, 1.807) is 13.0 Å². The third-order valence-corrected chi connectivity index (χ3v) is 8.93. The van der Waals surface area contributed by atoms with Crippen LogP contribution in [0.5, 0.6) is 0 Å². The van der Waals surface area contributed by atoms with Gasteiger partial charge < -0.3 is 15.1 Å². The number of imide groups is 2. The average Bonchev–Trinajstić information content (AvgIpc) is 3.28. The van der Waals surface area contributed by atoms with Gasteiger partial charge in [0.25, 0.3) is 11.8 Å². The predicted molar refractivity (Wildman–Crippen MR) is 162 cm³/mol. The average molecular weight is 576 g/mol. The minimum absolute atomic E-state index is 0.0609. The summed E-state index contributed by atoms with van der Waals surface area (Å²) in [6, 6.07) is 9.25. The summed E-state index contributed by atoms with van der Waals surface area (Å²) in [6.07, 6.45) is 6.27. The zero-order valence-electron chi connectivity index (χ0n) is 24.6. The van der Waals surface area contributed by atoms with Crippen molar-refractivity contribution < 1.29 is 19.2 Å². The molecule has 0 aliphatic carbocycles. The Bertz CT molecular complexity index is 1280.